The van der Waals surface area contributed by atoms with Crippen molar-refractivity contribution in [2.75, 3.05) is 6.54 Å². The Hall–Kier alpha value is -2.55. The molecule has 1 aliphatic rings. The van der Waals surface area contributed by atoms with Crippen LogP contribution in [0.4, 0.5) is 4.79 Å². The van der Waals surface area contributed by atoms with Crippen LogP contribution in [0.5, 0.6) is 0 Å². The first-order chi connectivity index (χ1) is 12.2. The average molecular weight is 335 g/mol. The minimum absolute atomic E-state index is 0.444. The highest BCUT2D eigenvalue weighted by atomic mass is 16.4. The maximum absolute atomic E-state index is 11.9. The summed E-state index contributed by atoms with van der Waals surface area (Å²) >= 11 is 0. The Bertz CT molecular complexity index is 711. The van der Waals surface area contributed by atoms with E-state index in [1.165, 1.54) is 11.1 Å². The highest BCUT2D eigenvalue weighted by Gasteiger charge is 2.39. The van der Waals surface area contributed by atoms with Gasteiger partial charge in [-0.05, 0) is 43.2 Å². The molecule has 2 aromatic rings. The summed E-state index contributed by atoms with van der Waals surface area (Å²) < 4.78 is 0. The summed E-state index contributed by atoms with van der Waals surface area (Å²) in [5.74, 6) is 0. The van der Waals surface area contributed by atoms with Gasteiger partial charge in [0.25, 0.3) is 0 Å². The third kappa shape index (κ3) is 4.30. The fourth-order valence-corrected chi connectivity index (χ4v) is 3.74. The molecule has 1 atom stereocenters. The lowest BCUT2D eigenvalue weighted by Crippen LogP contribution is -2.54. The van der Waals surface area contributed by atoms with E-state index in [1.807, 2.05) is 36.4 Å². The number of nitrogens with zero attached hydrogens (tertiary/aromatic N) is 1. The van der Waals surface area contributed by atoms with Gasteiger partial charge in [-0.15, -0.1) is 0 Å². The molecule has 0 aromatic heterocycles. The fourth-order valence-electron chi connectivity index (χ4n) is 3.74. The highest BCUT2D eigenvalue weighted by molar-refractivity contribution is 5.67. The minimum atomic E-state index is -0.819. The molecule has 130 valence electrons. The molecule has 3 heteroatoms. The topological polar surface area (TPSA) is 40.5 Å². The third-order valence-electron chi connectivity index (χ3n) is 4.99. The number of allylic oxidation sites excluding steroid dienone is 1. The Balaban J connectivity index is 1.86. The lowest BCUT2D eigenvalue weighted by atomic mass is 9.81. The molecular weight excluding hydrogens is 310 g/mol. The molecule has 1 aliphatic heterocycles. The van der Waals surface area contributed by atoms with Crippen molar-refractivity contribution < 1.29 is 9.90 Å². The molecule has 2 aromatic carbocycles. The quantitative estimate of drug-likeness (QED) is 0.787. The number of carboxylic acid groups (broad SMARTS) is 1. The van der Waals surface area contributed by atoms with Crippen molar-refractivity contribution in [2.24, 2.45) is 0 Å². The molecule has 0 bridgehead atoms. The van der Waals surface area contributed by atoms with Crippen LogP contribution in [-0.4, -0.2) is 28.2 Å². The standard InChI is InChI=1S/C22H25NO2/c24-21(25)23-17-8-7-15-22(23,18-20-12-5-2-6-13-20)16-9-14-19-10-3-1-4-11-19/h1-6,9-13,16H,7-8,14-15,17-18H2,(H,24,25)/b16-9+/t22-/m1/s1. The van der Waals surface area contributed by atoms with Gasteiger partial charge in [-0.2, -0.15) is 0 Å². The van der Waals surface area contributed by atoms with Crippen LogP contribution in [-0.2, 0) is 12.8 Å². The van der Waals surface area contributed by atoms with E-state index in [2.05, 4.69) is 36.4 Å². The lowest BCUT2D eigenvalue weighted by Gasteiger charge is -2.44. The molecule has 1 fully saturated rings. The Kier molecular flexibility index (Phi) is 5.54. The second-order valence-corrected chi connectivity index (χ2v) is 6.75. The van der Waals surface area contributed by atoms with Gasteiger partial charge in [-0.1, -0.05) is 72.8 Å². The van der Waals surface area contributed by atoms with Crippen molar-refractivity contribution >= 4 is 6.09 Å². The summed E-state index contributed by atoms with van der Waals surface area (Å²) in [5.41, 5.74) is 1.98. The van der Waals surface area contributed by atoms with E-state index < -0.39 is 11.6 Å². The number of amides is 1. The number of hydrogen-bond donors (Lipinski definition) is 1. The van der Waals surface area contributed by atoms with Crippen LogP contribution in [0.3, 0.4) is 0 Å². The van der Waals surface area contributed by atoms with E-state index in [0.717, 1.165) is 32.1 Å². The van der Waals surface area contributed by atoms with Gasteiger partial charge in [-0.25, -0.2) is 4.79 Å². The molecule has 3 rings (SSSR count). The van der Waals surface area contributed by atoms with E-state index in [0.29, 0.717) is 6.54 Å². The van der Waals surface area contributed by atoms with Crippen LogP contribution in [0.2, 0.25) is 0 Å². The summed E-state index contributed by atoms with van der Waals surface area (Å²) in [6.45, 7) is 0.609. The first-order valence-electron chi connectivity index (χ1n) is 8.96. The van der Waals surface area contributed by atoms with E-state index in [-0.39, 0.29) is 0 Å². The maximum atomic E-state index is 11.9. The molecule has 1 amide bonds. The number of hydrogen-bond acceptors (Lipinski definition) is 1. The van der Waals surface area contributed by atoms with Crippen molar-refractivity contribution in [2.45, 2.75) is 37.6 Å². The van der Waals surface area contributed by atoms with Crippen molar-refractivity contribution in [3.63, 3.8) is 0 Å². The molecule has 25 heavy (non-hydrogen) atoms. The van der Waals surface area contributed by atoms with Gasteiger partial charge in [-0.3, -0.25) is 4.90 Å². The van der Waals surface area contributed by atoms with Crippen molar-refractivity contribution in [1.82, 2.24) is 4.90 Å². The Morgan fingerprint density at radius 1 is 1.00 bits per heavy atom. The number of piperidine rings is 1. The van der Waals surface area contributed by atoms with Gasteiger partial charge < -0.3 is 5.11 Å². The zero-order chi connectivity index (χ0) is 17.5. The van der Waals surface area contributed by atoms with Gasteiger partial charge in [0.15, 0.2) is 0 Å². The number of carbonyl (C=O) groups is 1. The first-order valence-corrected chi connectivity index (χ1v) is 8.96. The summed E-state index contributed by atoms with van der Waals surface area (Å²) in [7, 11) is 0. The molecule has 1 saturated heterocycles. The SMILES string of the molecule is O=C(O)N1CCCC[C@@]1(/C=C/Cc1ccccc1)Cc1ccccc1. The molecular formula is C22H25NO2. The molecule has 1 N–H and O–H groups in total. The van der Waals surface area contributed by atoms with Gasteiger partial charge in [0.1, 0.15) is 0 Å². The monoisotopic (exact) mass is 335 g/mol. The van der Waals surface area contributed by atoms with Crippen LogP contribution in [0.25, 0.3) is 0 Å². The van der Waals surface area contributed by atoms with Crippen molar-refractivity contribution in [1.29, 1.82) is 0 Å². The van der Waals surface area contributed by atoms with Crippen LogP contribution in [0.1, 0.15) is 30.4 Å². The molecule has 1 heterocycles. The van der Waals surface area contributed by atoms with Crippen LogP contribution < -0.4 is 0 Å². The number of benzene rings is 2. The molecule has 0 saturated carbocycles. The Morgan fingerprint density at radius 3 is 2.28 bits per heavy atom. The largest absolute Gasteiger partial charge is 0.465 e. The Labute approximate surface area is 149 Å². The Morgan fingerprint density at radius 2 is 1.64 bits per heavy atom. The zero-order valence-corrected chi connectivity index (χ0v) is 14.5. The van der Waals surface area contributed by atoms with E-state index in [1.54, 1.807) is 4.90 Å². The van der Waals surface area contributed by atoms with Crippen LogP contribution in [0.15, 0.2) is 72.8 Å². The second-order valence-electron chi connectivity index (χ2n) is 6.75. The number of rotatable bonds is 5. The van der Waals surface area contributed by atoms with E-state index in [9.17, 15) is 9.90 Å². The molecule has 3 nitrogen and oxygen atoms in total. The third-order valence-corrected chi connectivity index (χ3v) is 4.99. The summed E-state index contributed by atoms with van der Waals surface area (Å²) in [5, 5.41) is 9.76. The predicted molar refractivity (Wildman–Crippen MR) is 101 cm³/mol. The molecule has 0 aliphatic carbocycles. The van der Waals surface area contributed by atoms with Crippen LogP contribution in [0, 0.1) is 0 Å². The predicted octanol–water partition coefficient (Wildman–Crippen LogP) is 4.93. The van der Waals surface area contributed by atoms with E-state index >= 15 is 0 Å². The zero-order valence-electron chi connectivity index (χ0n) is 14.5. The van der Waals surface area contributed by atoms with Crippen molar-refractivity contribution in [3.8, 4) is 0 Å². The number of likely N-dealkylation sites (tertiary alicyclic amines) is 1. The normalized spacial score (nSPS) is 20.7. The van der Waals surface area contributed by atoms with Gasteiger partial charge >= 0.3 is 6.09 Å². The van der Waals surface area contributed by atoms with Crippen LogP contribution >= 0.6 is 0 Å². The first kappa shape index (κ1) is 17.3. The molecule has 0 spiro atoms. The second kappa shape index (κ2) is 8.02. The average Bonchev–Trinajstić information content (AvgIpc) is 2.63. The highest BCUT2D eigenvalue weighted by Crippen LogP contribution is 2.33. The van der Waals surface area contributed by atoms with Gasteiger partial charge in [0, 0.05) is 6.54 Å². The van der Waals surface area contributed by atoms with Crippen molar-refractivity contribution in [3.05, 3.63) is 83.9 Å². The molecule has 0 unspecified atom stereocenters. The molecule has 0 radical (unpaired) electrons. The summed E-state index contributed by atoms with van der Waals surface area (Å²) in [6, 6.07) is 20.5. The van der Waals surface area contributed by atoms with E-state index in [4.69, 9.17) is 0 Å². The van der Waals surface area contributed by atoms with Gasteiger partial charge in [0.2, 0.25) is 0 Å². The summed E-state index contributed by atoms with van der Waals surface area (Å²) in [4.78, 5) is 13.5. The minimum Gasteiger partial charge on any atom is -0.465 e. The summed E-state index contributed by atoms with van der Waals surface area (Å²) in [6.07, 6.45) is 7.89. The van der Waals surface area contributed by atoms with Gasteiger partial charge in [0.05, 0.1) is 5.54 Å². The maximum Gasteiger partial charge on any atom is 0.408 e. The lowest BCUT2D eigenvalue weighted by molar-refractivity contribution is 0.0733. The smallest absolute Gasteiger partial charge is 0.408 e. The fraction of sp³-hybridized carbons (Fsp3) is 0.318.